The van der Waals surface area contributed by atoms with Crippen LogP contribution in [0.15, 0.2) is 18.5 Å². The lowest BCUT2D eigenvalue weighted by atomic mass is 10.2. The van der Waals surface area contributed by atoms with Gasteiger partial charge in [-0.05, 0) is 25.8 Å². The Morgan fingerprint density at radius 1 is 1.40 bits per heavy atom. The zero-order valence-electron chi connectivity index (χ0n) is 12.4. The highest BCUT2D eigenvalue weighted by molar-refractivity contribution is 5.85. The number of nitrogens with zero attached hydrogens (tertiary/aromatic N) is 3. The third-order valence-corrected chi connectivity index (χ3v) is 3.21. The van der Waals surface area contributed by atoms with Gasteiger partial charge in [-0.25, -0.2) is 14.8 Å². The second-order valence-corrected chi connectivity index (χ2v) is 4.79. The first kappa shape index (κ1) is 16.1. The lowest BCUT2D eigenvalue weighted by Gasteiger charge is -2.28. The lowest BCUT2D eigenvalue weighted by molar-refractivity contribution is -0.131. The molecule has 0 aliphatic rings. The number of carboxylic acid groups (broad SMARTS) is 1. The van der Waals surface area contributed by atoms with Crippen molar-refractivity contribution in [1.82, 2.24) is 9.97 Å². The van der Waals surface area contributed by atoms with Gasteiger partial charge in [0.2, 0.25) is 5.95 Å². The summed E-state index contributed by atoms with van der Waals surface area (Å²) in [6, 6.07) is 0.391. The van der Waals surface area contributed by atoms with Gasteiger partial charge >= 0.3 is 5.97 Å². The van der Waals surface area contributed by atoms with Gasteiger partial charge in [0.15, 0.2) is 0 Å². The Labute approximate surface area is 120 Å². The second kappa shape index (κ2) is 8.30. The van der Waals surface area contributed by atoms with Gasteiger partial charge in [0.05, 0.1) is 0 Å². The molecule has 0 bridgehead atoms. The van der Waals surface area contributed by atoms with Crippen LogP contribution in [0.5, 0.6) is 0 Å². The molecule has 1 rings (SSSR count). The number of carboxylic acids is 1. The average Bonchev–Trinajstić information content (AvgIpc) is 2.46. The summed E-state index contributed by atoms with van der Waals surface area (Å²) in [6.07, 6.45) is 9.16. The van der Waals surface area contributed by atoms with Crippen LogP contribution in [0.4, 0.5) is 5.95 Å². The fourth-order valence-electron chi connectivity index (χ4n) is 1.80. The smallest absolute Gasteiger partial charge is 0.328 e. The topological polar surface area (TPSA) is 66.3 Å². The van der Waals surface area contributed by atoms with Crippen LogP contribution in [0.2, 0.25) is 0 Å². The Morgan fingerprint density at radius 3 is 2.55 bits per heavy atom. The average molecular weight is 277 g/mol. The van der Waals surface area contributed by atoms with Crippen molar-refractivity contribution in [1.29, 1.82) is 0 Å². The van der Waals surface area contributed by atoms with Crippen LogP contribution in [0.3, 0.4) is 0 Å². The van der Waals surface area contributed by atoms with Crippen LogP contribution in [-0.2, 0) is 4.79 Å². The van der Waals surface area contributed by atoms with Crippen LogP contribution < -0.4 is 4.90 Å². The third kappa shape index (κ3) is 4.99. The summed E-state index contributed by atoms with van der Waals surface area (Å²) >= 11 is 0. The standard InChI is InChI=1S/C15H23N3O2/c1-4-6-9-18(12(3)5-2)15-16-10-13(11-17-15)7-8-14(19)20/h7-8,10-12H,4-6,9H2,1-3H3,(H,19,20)/b8-7+. The molecule has 0 radical (unpaired) electrons. The van der Waals surface area contributed by atoms with E-state index < -0.39 is 5.97 Å². The Hall–Kier alpha value is -1.91. The Balaban J connectivity index is 2.84. The molecule has 1 N–H and O–H groups in total. The molecule has 1 atom stereocenters. The number of aromatic nitrogens is 2. The summed E-state index contributed by atoms with van der Waals surface area (Å²) < 4.78 is 0. The minimum absolute atomic E-state index is 0.391. The first-order valence-electron chi connectivity index (χ1n) is 7.08. The first-order chi connectivity index (χ1) is 9.58. The van der Waals surface area contributed by atoms with Crippen LogP contribution in [0.1, 0.15) is 45.6 Å². The molecule has 0 spiro atoms. The van der Waals surface area contributed by atoms with Crippen molar-refractivity contribution in [3.05, 3.63) is 24.0 Å². The van der Waals surface area contributed by atoms with Gasteiger partial charge in [0.1, 0.15) is 0 Å². The molecule has 0 aliphatic heterocycles. The van der Waals surface area contributed by atoms with Crippen LogP contribution in [0, 0.1) is 0 Å². The number of anilines is 1. The monoisotopic (exact) mass is 277 g/mol. The summed E-state index contributed by atoms with van der Waals surface area (Å²) in [5, 5.41) is 8.58. The van der Waals surface area contributed by atoms with E-state index in [9.17, 15) is 4.79 Å². The lowest BCUT2D eigenvalue weighted by Crippen LogP contribution is -2.34. The van der Waals surface area contributed by atoms with E-state index >= 15 is 0 Å². The van der Waals surface area contributed by atoms with E-state index in [0.29, 0.717) is 17.6 Å². The van der Waals surface area contributed by atoms with E-state index in [1.807, 2.05) is 0 Å². The van der Waals surface area contributed by atoms with Crippen LogP contribution in [0.25, 0.3) is 6.08 Å². The Bertz CT molecular complexity index is 443. The largest absolute Gasteiger partial charge is 0.478 e. The molecule has 0 amide bonds. The summed E-state index contributed by atoms with van der Waals surface area (Å²) in [5.74, 6) is -0.265. The van der Waals surface area contributed by atoms with E-state index in [-0.39, 0.29) is 0 Å². The summed E-state index contributed by atoms with van der Waals surface area (Å²) in [7, 11) is 0. The molecule has 0 fully saturated rings. The molecule has 110 valence electrons. The van der Waals surface area contributed by atoms with E-state index in [1.165, 1.54) is 6.08 Å². The highest BCUT2D eigenvalue weighted by atomic mass is 16.4. The second-order valence-electron chi connectivity index (χ2n) is 4.79. The van der Waals surface area contributed by atoms with Crippen molar-refractivity contribution in [2.24, 2.45) is 0 Å². The number of hydrogen-bond donors (Lipinski definition) is 1. The van der Waals surface area contributed by atoms with Gasteiger partial charge in [0.25, 0.3) is 0 Å². The third-order valence-electron chi connectivity index (χ3n) is 3.21. The zero-order chi connectivity index (χ0) is 15.0. The Morgan fingerprint density at radius 2 is 2.05 bits per heavy atom. The summed E-state index contributed by atoms with van der Waals surface area (Å²) in [6.45, 7) is 7.41. The maximum atomic E-state index is 10.5. The van der Waals surface area contributed by atoms with Crippen molar-refractivity contribution >= 4 is 18.0 Å². The van der Waals surface area contributed by atoms with Gasteiger partial charge < -0.3 is 10.0 Å². The van der Waals surface area contributed by atoms with Crippen LogP contribution >= 0.6 is 0 Å². The first-order valence-corrected chi connectivity index (χ1v) is 7.08. The number of unbranched alkanes of at least 4 members (excludes halogenated alkanes) is 1. The fourth-order valence-corrected chi connectivity index (χ4v) is 1.80. The Kier molecular flexibility index (Phi) is 6.70. The number of carbonyl (C=O) groups is 1. The molecular weight excluding hydrogens is 254 g/mol. The molecule has 1 heterocycles. The van der Waals surface area contributed by atoms with E-state index in [0.717, 1.165) is 31.9 Å². The van der Waals surface area contributed by atoms with Gasteiger partial charge in [0, 0.05) is 36.6 Å². The normalized spacial score (nSPS) is 12.6. The van der Waals surface area contributed by atoms with Crippen molar-refractivity contribution < 1.29 is 9.90 Å². The highest BCUT2D eigenvalue weighted by Crippen LogP contribution is 2.14. The minimum Gasteiger partial charge on any atom is -0.478 e. The van der Waals surface area contributed by atoms with Crippen molar-refractivity contribution in [2.75, 3.05) is 11.4 Å². The molecular formula is C15H23N3O2. The predicted molar refractivity (Wildman–Crippen MR) is 80.7 cm³/mol. The summed E-state index contributed by atoms with van der Waals surface area (Å²) in [5.41, 5.74) is 0.691. The minimum atomic E-state index is -0.974. The number of aliphatic carboxylic acids is 1. The zero-order valence-corrected chi connectivity index (χ0v) is 12.4. The maximum Gasteiger partial charge on any atom is 0.328 e. The fraction of sp³-hybridized carbons (Fsp3) is 0.533. The SMILES string of the molecule is CCCCN(c1ncc(/C=C/C(=O)O)cn1)C(C)CC. The molecule has 5 heteroatoms. The van der Waals surface area contributed by atoms with E-state index in [1.54, 1.807) is 12.4 Å². The molecule has 1 aromatic heterocycles. The van der Waals surface area contributed by atoms with Crippen molar-refractivity contribution in [3.8, 4) is 0 Å². The van der Waals surface area contributed by atoms with Gasteiger partial charge in [-0.15, -0.1) is 0 Å². The number of rotatable bonds is 8. The maximum absolute atomic E-state index is 10.5. The van der Waals surface area contributed by atoms with Crippen molar-refractivity contribution in [3.63, 3.8) is 0 Å². The van der Waals surface area contributed by atoms with Crippen molar-refractivity contribution in [2.45, 2.75) is 46.1 Å². The molecule has 20 heavy (non-hydrogen) atoms. The van der Waals surface area contributed by atoms with Gasteiger partial charge in [-0.1, -0.05) is 20.3 Å². The van der Waals surface area contributed by atoms with E-state index in [2.05, 4.69) is 35.6 Å². The highest BCUT2D eigenvalue weighted by Gasteiger charge is 2.14. The molecule has 1 aromatic rings. The molecule has 0 saturated carbocycles. The predicted octanol–water partition coefficient (Wildman–Crippen LogP) is 2.98. The molecule has 0 aromatic carbocycles. The number of hydrogen-bond acceptors (Lipinski definition) is 4. The summed E-state index contributed by atoms with van der Waals surface area (Å²) in [4.78, 5) is 21.4. The van der Waals surface area contributed by atoms with Gasteiger partial charge in [-0.3, -0.25) is 0 Å². The molecule has 0 saturated heterocycles. The molecule has 5 nitrogen and oxygen atoms in total. The molecule has 1 unspecified atom stereocenters. The van der Waals surface area contributed by atoms with Gasteiger partial charge in [-0.2, -0.15) is 0 Å². The van der Waals surface area contributed by atoms with Crippen LogP contribution in [-0.4, -0.2) is 33.6 Å². The van der Waals surface area contributed by atoms with E-state index in [4.69, 9.17) is 5.11 Å². The molecule has 0 aliphatic carbocycles. The quantitative estimate of drug-likeness (QED) is 0.740.